The second-order valence-corrected chi connectivity index (χ2v) is 7.43. The lowest BCUT2D eigenvalue weighted by molar-refractivity contribution is 0.376. The molecule has 0 amide bonds. The summed E-state index contributed by atoms with van der Waals surface area (Å²) in [5.74, 6) is 2.06. The molecule has 3 atom stereocenters. The highest BCUT2D eigenvalue weighted by Gasteiger charge is 2.29. The van der Waals surface area contributed by atoms with Crippen LogP contribution in [0.25, 0.3) is 0 Å². The van der Waals surface area contributed by atoms with Crippen molar-refractivity contribution in [2.75, 3.05) is 18.1 Å². The minimum Gasteiger partial charge on any atom is -0.313 e. The van der Waals surface area contributed by atoms with Crippen LogP contribution in [0.3, 0.4) is 0 Å². The molecule has 1 saturated carbocycles. The summed E-state index contributed by atoms with van der Waals surface area (Å²) in [4.78, 5) is 0. The highest BCUT2D eigenvalue weighted by molar-refractivity contribution is 7.91. The maximum absolute atomic E-state index is 11.5. The van der Waals surface area contributed by atoms with Gasteiger partial charge in [0.2, 0.25) is 0 Å². The summed E-state index contributed by atoms with van der Waals surface area (Å²) < 4.78 is 23.0. The summed E-state index contributed by atoms with van der Waals surface area (Å²) in [5, 5.41) is 3.40. The van der Waals surface area contributed by atoms with Crippen molar-refractivity contribution in [1.82, 2.24) is 5.32 Å². The van der Waals surface area contributed by atoms with Crippen LogP contribution in [-0.4, -0.2) is 32.5 Å². The molecule has 0 aromatic carbocycles. The molecule has 96 valence electrons. The van der Waals surface area contributed by atoms with Crippen LogP contribution in [0, 0.1) is 11.8 Å². The van der Waals surface area contributed by atoms with E-state index in [0.717, 1.165) is 12.3 Å². The van der Waals surface area contributed by atoms with Gasteiger partial charge in [-0.15, -0.1) is 0 Å². The average molecular weight is 247 g/mol. The first-order chi connectivity index (χ1) is 7.46. The normalized spacial score (nSPS) is 30.8. The van der Waals surface area contributed by atoms with Crippen LogP contribution >= 0.6 is 0 Å². The summed E-state index contributed by atoms with van der Waals surface area (Å²) in [5.41, 5.74) is 0. The number of hydrogen-bond acceptors (Lipinski definition) is 3. The van der Waals surface area contributed by atoms with Gasteiger partial charge in [-0.2, -0.15) is 0 Å². The Labute approximate surface area is 99.9 Å². The SMILES string of the molecule is CCCS(=O)(=O)CCNC1CCC(C)C1C. The van der Waals surface area contributed by atoms with Gasteiger partial charge in [0.1, 0.15) is 0 Å². The largest absolute Gasteiger partial charge is 0.313 e. The fraction of sp³-hybridized carbons (Fsp3) is 1.00. The van der Waals surface area contributed by atoms with E-state index < -0.39 is 9.84 Å². The van der Waals surface area contributed by atoms with Gasteiger partial charge in [-0.25, -0.2) is 8.42 Å². The molecule has 1 aliphatic rings. The zero-order valence-corrected chi connectivity index (χ0v) is 11.5. The first kappa shape index (κ1) is 14.0. The third-order valence-corrected chi connectivity index (χ3v) is 5.66. The van der Waals surface area contributed by atoms with Crippen LogP contribution in [0.2, 0.25) is 0 Å². The smallest absolute Gasteiger partial charge is 0.151 e. The number of nitrogens with one attached hydrogen (secondary N) is 1. The van der Waals surface area contributed by atoms with E-state index in [0.29, 0.717) is 30.0 Å². The van der Waals surface area contributed by atoms with E-state index in [-0.39, 0.29) is 0 Å². The second-order valence-electron chi connectivity index (χ2n) is 5.13. The van der Waals surface area contributed by atoms with Crippen LogP contribution in [0.15, 0.2) is 0 Å². The summed E-state index contributed by atoms with van der Waals surface area (Å²) in [7, 11) is -2.82. The molecule has 0 aromatic rings. The van der Waals surface area contributed by atoms with Gasteiger partial charge in [0.05, 0.1) is 5.75 Å². The average Bonchev–Trinajstić information content (AvgIpc) is 2.49. The van der Waals surface area contributed by atoms with Gasteiger partial charge >= 0.3 is 0 Å². The Bertz CT molecular complexity index is 300. The third kappa shape index (κ3) is 4.06. The highest BCUT2D eigenvalue weighted by Crippen LogP contribution is 2.30. The molecule has 0 radical (unpaired) electrons. The standard InChI is InChI=1S/C12H25NO2S/c1-4-8-16(14,15)9-7-13-12-6-5-10(2)11(12)3/h10-13H,4-9H2,1-3H3. The van der Waals surface area contributed by atoms with E-state index in [1.165, 1.54) is 12.8 Å². The maximum atomic E-state index is 11.5. The predicted molar refractivity (Wildman–Crippen MR) is 68.3 cm³/mol. The monoisotopic (exact) mass is 247 g/mol. The van der Waals surface area contributed by atoms with E-state index in [9.17, 15) is 8.42 Å². The molecule has 1 aliphatic carbocycles. The van der Waals surface area contributed by atoms with Crippen molar-refractivity contribution < 1.29 is 8.42 Å². The molecule has 3 nitrogen and oxygen atoms in total. The molecule has 3 unspecified atom stereocenters. The number of sulfone groups is 1. The van der Waals surface area contributed by atoms with Crippen molar-refractivity contribution >= 4 is 9.84 Å². The quantitative estimate of drug-likeness (QED) is 0.779. The molecule has 0 spiro atoms. The Balaban J connectivity index is 2.26. The number of rotatable bonds is 6. The van der Waals surface area contributed by atoms with E-state index in [4.69, 9.17) is 0 Å². The van der Waals surface area contributed by atoms with Gasteiger partial charge in [0, 0.05) is 18.3 Å². The van der Waals surface area contributed by atoms with Crippen molar-refractivity contribution in [2.24, 2.45) is 11.8 Å². The summed E-state index contributed by atoms with van der Waals surface area (Å²) in [6.45, 7) is 7.06. The van der Waals surface area contributed by atoms with Crippen LogP contribution in [0.1, 0.15) is 40.0 Å². The maximum Gasteiger partial charge on any atom is 0.151 e. The molecule has 1 fully saturated rings. The van der Waals surface area contributed by atoms with Gasteiger partial charge < -0.3 is 5.32 Å². The van der Waals surface area contributed by atoms with Crippen LogP contribution in [-0.2, 0) is 9.84 Å². The molecule has 0 heterocycles. The van der Waals surface area contributed by atoms with E-state index in [1.807, 2.05) is 6.92 Å². The molecule has 16 heavy (non-hydrogen) atoms. The molecule has 0 bridgehead atoms. The number of hydrogen-bond donors (Lipinski definition) is 1. The summed E-state index contributed by atoms with van der Waals surface area (Å²) >= 11 is 0. The van der Waals surface area contributed by atoms with Crippen LogP contribution < -0.4 is 5.32 Å². The zero-order chi connectivity index (χ0) is 12.2. The molecule has 0 aliphatic heterocycles. The van der Waals surface area contributed by atoms with E-state index >= 15 is 0 Å². The summed E-state index contributed by atoms with van der Waals surface area (Å²) in [6, 6.07) is 0.520. The highest BCUT2D eigenvalue weighted by atomic mass is 32.2. The van der Waals surface area contributed by atoms with Gasteiger partial charge in [-0.1, -0.05) is 20.8 Å². The van der Waals surface area contributed by atoms with Gasteiger partial charge in [0.25, 0.3) is 0 Å². The molecule has 4 heteroatoms. The molecular weight excluding hydrogens is 222 g/mol. The molecule has 1 rings (SSSR count). The Morgan fingerprint density at radius 3 is 2.38 bits per heavy atom. The predicted octanol–water partition coefficient (Wildman–Crippen LogP) is 1.84. The molecule has 0 aromatic heterocycles. The molecule has 0 saturated heterocycles. The minimum atomic E-state index is -2.82. The van der Waals surface area contributed by atoms with Crippen LogP contribution in [0.5, 0.6) is 0 Å². The first-order valence-electron chi connectivity index (χ1n) is 6.40. The third-order valence-electron chi connectivity index (χ3n) is 3.80. The second kappa shape index (κ2) is 6.01. The van der Waals surface area contributed by atoms with E-state index in [1.54, 1.807) is 0 Å². The first-order valence-corrected chi connectivity index (χ1v) is 8.22. The minimum absolute atomic E-state index is 0.290. The Morgan fingerprint density at radius 2 is 1.88 bits per heavy atom. The Kier molecular flexibility index (Phi) is 5.25. The Hall–Kier alpha value is -0.0900. The lowest BCUT2D eigenvalue weighted by atomic mass is 9.98. The zero-order valence-electron chi connectivity index (χ0n) is 10.7. The van der Waals surface area contributed by atoms with Crippen LogP contribution in [0.4, 0.5) is 0 Å². The van der Waals surface area contributed by atoms with Gasteiger partial charge in [-0.3, -0.25) is 0 Å². The van der Waals surface area contributed by atoms with E-state index in [2.05, 4.69) is 19.2 Å². The van der Waals surface area contributed by atoms with Gasteiger partial charge in [0.15, 0.2) is 9.84 Å². The van der Waals surface area contributed by atoms with Crippen molar-refractivity contribution in [3.8, 4) is 0 Å². The lowest BCUT2D eigenvalue weighted by Gasteiger charge is -2.19. The Morgan fingerprint density at radius 1 is 1.19 bits per heavy atom. The topological polar surface area (TPSA) is 46.2 Å². The fourth-order valence-corrected chi connectivity index (χ4v) is 3.72. The van der Waals surface area contributed by atoms with Crippen molar-refractivity contribution in [3.63, 3.8) is 0 Å². The van der Waals surface area contributed by atoms with Crippen molar-refractivity contribution in [3.05, 3.63) is 0 Å². The lowest BCUT2D eigenvalue weighted by Crippen LogP contribution is -2.36. The molecular formula is C12H25NO2S. The van der Waals surface area contributed by atoms with Crippen molar-refractivity contribution in [2.45, 2.75) is 46.1 Å². The van der Waals surface area contributed by atoms with Gasteiger partial charge in [-0.05, 0) is 31.1 Å². The fourth-order valence-electron chi connectivity index (χ4n) is 2.47. The summed E-state index contributed by atoms with van der Waals surface area (Å²) in [6.07, 6.45) is 3.18. The van der Waals surface area contributed by atoms with Crippen molar-refractivity contribution in [1.29, 1.82) is 0 Å². The molecule has 1 N–H and O–H groups in total.